The molecule has 0 aliphatic carbocycles. The van der Waals surface area contributed by atoms with Crippen LogP contribution in [0.3, 0.4) is 0 Å². The lowest BCUT2D eigenvalue weighted by Crippen LogP contribution is -2.51. The number of hydrogen-bond acceptors (Lipinski definition) is 3. The van der Waals surface area contributed by atoms with Gasteiger partial charge in [0.1, 0.15) is 6.04 Å². The van der Waals surface area contributed by atoms with Crippen molar-refractivity contribution in [3.8, 4) is 0 Å². The number of carbonyl (C=O) groups excluding carboxylic acids is 2. The number of piperidine rings is 1. The number of urea groups is 1. The predicted molar refractivity (Wildman–Crippen MR) is 94.2 cm³/mol. The third-order valence-corrected chi connectivity index (χ3v) is 4.52. The highest BCUT2D eigenvalue weighted by Gasteiger charge is 2.25. The lowest BCUT2D eigenvalue weighted by atomic mass is 10.1. The Morgan fingerprint density at radius 3 is 2.28 bits per heavy atom. The third-order valence-electron chi connectivity index (χ3n) is 3.89. The van der Waals surface area contributed by atoms with E-state index in [9.17, 15) is 19.5 Å². The van der Waals surface area contributed by atoms with Gasteiger partial charge in [-0.25, -0.2) is 9.59 Å². The van der Waals surface area contributed by atoms with Gasteiger partial charge in [0.15, 0.2) is 0 Å². The molecule has 1 saturated heterocycles. The molecule has 1 atom stereocenters. The maximum Gasteiger partial charge on any atom is 0.328 e. The Hall–Kier alpha value is -1.99. The van der Waals surface area contributed by atoms with Gasteiger partial charge in [-0.1, -0.05) is 29.3 Å². The molecule has 136 valence electrons. The number of carboxylic acid groups (broad SMARTS) is 1. The van der Waals surface area contributed by atoms with E-state index in [4.69, 9.17) is 23.2 Å². The number of amides is 3. The average molecular weight is 388 g/mol. The fraction of sp³-hybridized carbons (Fsp3) is 0.438. The summed E-state index contributed by atoms with van der Waals surface area (Å²) in [6, 6.07) is 2.91. The van der Waals surface area contributed by atoms with Gasteiger partial charge in [-0.2, -0.15) is 0 Å². The summed E-state index contributed by atoms with van der Waals surface area (Å²) in [5.41, 5.74) is -0.000518. The van der Waals surface area contributed by atoms with Crippen LogP contribution in [0.1, 0.15) is 29.6 Å². The summed E-state index contributed by atoms with van der Waals surface area (Å²) in [4.78, 5) is 37.4. The van der Waals surface area contributed by atoms with E-state index in [0.717, 1.165) is 19.3 Å². The van der Waals surface area contributed by atoms with Crippen molar-refractivity contribution in [1.82, 2.24) is 15.5 Å². The molecule has 1 unspecified atom stereocenters. The number of carbonyl (C=O) groups is 3. The lowest BCUT2D eigenvalue weighted by Gasteiger charge is -2.27. The second kappa shape index (κ2) is 8.92. The Bertz CT molecular complexity index is 643. The fourth-order valence-electron chi connectivity index (χ4n) is 2.54. The molecule has 7 nitrogen and oxygen atoms in total. The van der Waals surface area contributed by atoms with Gasteiger partial charge in [0.05, 0.1) is 22.2 Å². The van der Waals surface area contributed by atoms with Crippen LogP contribution in [0.15, 0.2) is 18.2 Å². The minimum Gasteiger partial charge on any atom is -0.480 e. The molecule has 1 aromatic rings. The largest absolute Gasteiger partial charge is 0.480 e. The van der Waals surface area contributed by atoms with Gasteiger partial charge in [0.2, 0.25) is 0 Å². The third kappa shape index (κ3) is 5.24. The van der Waals surface area contributed by atoms with Crippen LogP contribution in [0, 0.1) is 0 Å². The number of halogens is 2. The summed E-state index contributed by atoms with van der Waals surface area (Å²) in [5.74, 6) is -1.98. The van der Waals surface area contributed by atoms with Gasteiger partial charge < -0.3 is 20.6 Å². The Morgan fingerprint density at radius 1 is 1.12 bits per heavy atom. The van der Waals surface area contributed by atoms with Crippen LogP contribution in [0.5, 0.6) is 0 Å². The quantitative estimate of drug-likeness (QED) is 0.721. The van der Waals surface area contributed by atoms with Crippen molar-refractivity contribution in [2.75, 3.05) is 19.6 Å². The molecule has 3 N–H and O–H groups in total. The number of nitrogens with one attached hydrogen (secondary N) is 2. The number of likely N-dealkylation sites (tertiary alicyclic amines) is 1. The molecule has 1 aliphatic rings. The first-order valence-electron chi connectivity index (χ1n) is 7.90. The van der Waals surface area contributed by atoms with E-state index < -0.39 is 17.9 Å². The molecule has 0 aromatic heterocycles. The summed E-state index contributed by atoms with van der Waals surface area (Å²) in [6.07, 6.45) is 2.94. The first-order chi connectivity index (χ1) is 11.9. The molecular weight excluding hydrogens is 369 g/mol. The van der Waals surface area contributed by atoms with Gasteiger partial charge in [-0.3, -0.25) is 4.79 Å². The summed E-state index contributed by atoms with van der Waals surface area (Å²) in [5, 5.41) is 14.4. The van der Waals surface area contributed by atoms with Crippen LogP contribution in [-0.2, 0) is 4.79 Å². The molecular formula is C16H19Cl2N3O4. The zero-order valence-electron chi connectivity index (χ0n) is 13.4. The number of aliphatic carboxylic acids is 1. The zero-order chi connectivity index (χ0) is 18.4. The van der Waals surface area contributed by atoms with Crippen molar-refractivity contribution >= 4 is 41.1 Å². The second-order valence-corrected chi connectivity index (χ2v) is 6.51. The van der Waals surface area contributed by atoms with Gasteiger partial charge in [-0.15, -0.1) is 0 Å². The summed E-state index contributed by atoms with van der Waals surface area (Å²) >= 11 is 11.9. The van der Waals surface area contributed by atoms with Crippen molar-refractivity contribution in [1.29, 1.82) is 0 Å². The van der Waals surface area contributed by atoms with Crippen LogP contribution in [-0.4, -0.2) is 53.6 Å². The minimum absolute atomic E-state index is 0.000518. The molecule has 0 spiro atoms. The Balaban J connectivity index is 1.97. The van der Waals surface area contributed by atoms with E-state index in [-0.39, 0.29) is 28.2 Å². The summed E-state index contributed by atoms with van der Waals surface area (Å²) < 4.78 is 0. The summed E-state index contributed by atoms with van der Waals surface area (Å²) in [7, 11) is 0. The van der Waals surface area contributed by atoms with Crippen LogP contribution in [0.4, 0.5) is 4.79 Å². The normalized spacial score (nSPS) is 15.4. The van der Waals surface area contributed by atoms with E-state index in [1.54, 1.807) is 11.0 Å². The van der Waals surface area contributed by atoms with Crippen LogP contribution in [0.2, 0.25) is 10.0 Å². The second-order valence-electron chi connectivity index (χ2n) is 5.69. The van der Waals surface area contributed by atoms with E-state index in [1.807, 2.05) is 0 Å². The molecule has 1 heterocycles. The number of hydrogen-bond donors (Lipinski definition) is 3. The summed E-state index contributed by atoms with van der Waals surface area (Å²) in [6.45, 7) is 1.05. The van der Waals surface area contributed by atoms with Crippen molar-refractivity contribution in [2.24, 2.45) is 0 Å². The van der Waals surface area contributed by atoms with Gasteiger partial charge in [0, 0.05) is 13.1 Å². The average Bonchev–Trinajstić information content (AvgIpc) is 2.58. The van der Waals surface area contributed by atoms with Gasteiger partial charge >= 0.3 is 12.0 Å². The monoisotopic (exact) mass is 387 g/mol. The first-order valence-corrected chi connectivity index (χ1v) is 8.66. The maximum atomic E-state index is 12.3. The van der Waals surface area contributed by atoms with E-state index in [0.29, 0.717) is 13.1 Å². The fourth-order valence-corrected chi connectivity index (χ4v) is 3.11. The van der Waals surface area contributed by atoms with Crippen LogP contribution in [0.25, 0.3) is 0 Å². The number of nitrogens with zero attached hydrogens (tertiary/aromatic N) is 1. The van der Waals surface area contributed by atoms with Crippen molar-refractivity contribution in [2.45, 2.75) is 25.3 Å². The smallest absolute Gasteiger partial charge is 0.328 e. The lowest BCUT2D eigenvalue weighted by molar-refractivity contribution is -0.139. The molecule has 25 heavy (non-hydrogen) atoms. The highest BCUT2D eigenvalue weighted by atomic mass is 35.5. The molecule has 0 bridgehead atoms. The Labute approximate surface area is 155 Å². The molecule has 3 amide bonds. The standard InChI is InChI=1S/C16H19Cl2N3O4/c17-10-5-4-6-11(18)13(10)14(22)20-12(15(23)24)9-19-16(25)21-7-2-1-3-8-21/h4-6,12H,1-3,7-9H2,(H,19,25)(H,20,22)(H,23,24). The number of carboxylic acids is 1. The number of benzene rings is 1. The van der Waals surface area contributed by atoms with E-state index >= 15 is 0 Å². The molecule has 1 aliphatic heterocycles. The van der Waals surface area contributed by atoms with E-state index in [2.05, 4.69) is 10.6 Å². The van der Waals surface area contributed by atoms with Gasteiger partial charge in [0.25, 0.3) is 5.91 Å². The molecule has 0 radical (unpaired) electrons. The Kier molecular flexibility index (Phi) is 6.90. The predicted octanol–water partition coefficient (Wildman–Crippen LogP) is 2.37. The Morgan fingerprint density at radius 2 is 1.72 bits per heavy atom. The van der Waals surface area contributed by atoms with Crippen LogP contribution < -0.4 is 10.6 Å². The topological polar surface area (TPSA) is 98.7 Å². The highest BCUT2D eigenvalue weighted by molar-refractivity contribution is 6.39. The minimum atomic E-state index is -1.30. The number of rotatable bonds is 5. The molecule has 2 rings (SSSR count). The molecule has 1 fully saturated rings. The van der Waals surface area contributed by atoms with Crippen molar-refractivity contribution in [3.63, 3.8) is 0 Å². The van der Waals surface area contributed by atoms with Crippen LogP contribution >= 0.6 is 23.2 Å². The molecule has 9 heteroatoms. The SMILES string of the molecule is O=C(NC(CNC(=O)N1CCCCC1)C(=O)O)c1c(Cl)cccc1Cl. The molecule has 0 saturated carbocycles. The highest BCUT2D eigenvalue weighted by Crippen LogP contribution is 2.24. The maximum absolute atomic E-state index is 12.3. The van der Waals surface area contributed by atoms with Crippen molar-refractivity contribution < 1.29 is 19.5 Å². The first kappa shape index (κ1) is 19.3. The van der Waals surface area contributed by atoms with E-state index in [1.165, 1.54) is 12.1 Å². The van der Waals surface area contributed by atoms with Gasteiger partial charge in [-0.05, 0) is 31.4 Å². The molecule has 1 aromatic carbocycles. The zero-order valence-corrected chi connectivity index (χ0v) is 14.9. The van der Waals surface area contributed by atoms with Crippen molar-refractivity contribution in [3.05, 3.63) is 33.8 Å².